The molecule has 1 heterocycles. The number of aliphatic hydroxyl groups is 1. The molecule has 100 valence electrons. The molecule has 2 rings (SSSR count). The lowest BCUT2D eigenvalue weighted by Crippen LogP contribution is -2.41. The van der Waals surface area contributed by atoms with Gasteiger partial charge in [0.05, 0.1) is 11.2 Å². The van der Waals surface area contributed by atoms with Crippen LogP contribution < -0.4 is 0 Å². The summed E-state index contributed by atoms with van der Waals surface area (Å²) in [5.74, 6) is -0.279. The largest absolute Gasteiger partial charge is 0.382 e. The Morgan fingerprint density at radius 3 is 2.61 bits per heavy atom. The molecular formula is C13H19ClN2O2. The summed E-state index contributed by atoms with van der Waals surface area (Å²) >= 11 is 6.05. The minimum atomic E-state index is -1.26. The van der Waals surface area contributed by atoms with Crippen LogP contribution in [-0.2, 0) is 0 Å². The van der Waals surface area contributed by atoms with E-state index in [1.165, 1.54) is 6.20 Å². The zero-order chi connectivity index (χ0) is 13.3. The van der Waals surface area contributed by atoms with Gasteiger partial charge >= 0.3 is 0 Å². The molecule has 1 fully saturated rings. The number of hydrogen-bond donors (Lipinski definition) is 1. The molecule has 1 saturated carbocycles. The van der Waals surface area contributed by atoms with E-state index in [9.17, 15) is 9.90 Å². The molecule has 0 aromatic carbocycles. The van der Waals surface area contributed by atoms with Crippen molar-refractivity contribution in [1.29, 1.82) is 0 Å². The molecule has 1 aliphatic carbocycles. The predicted molar refractivity (Wildman–Crippen MR) is 70.0 cm³/mol. The molecule has 0 aliphatic heterocycles. The van der Waals surface area contributed by atoms with E-state index in [2.05, 4.69) is 5.10 Å². The van der Waals surface area contributed by atoms with Crippen molar-refractivity contribution in [2.24, 2.45) is 0 Å². The summed E-state index contributed by atoms with van der Waals surface area (Å²) in [6.07, 6.45) is 5.36. The average molecular weight is 271 g/mol. The number of aromatic nitrogens is 2. The highest BCUT2D eigenvalue weighted by Crippen LogP contribution is 2.33. The smallest absolute Gasteiger partial charge is 0.213 e. The molecule has 1 aromatic heterocycles. The first-order valence-corrected chi connectivity index (χ1v) is 6.84. The van der Waals surface area contributed by atoms with Crippen LogP contribution in [0.2, 0.25) is 5.02 Å². The van der Waals surface area contributed by atoms with E-state index in [0.29, 0.717) is 23.6 Å². The summed E-state index contributed by atoms with van der Waals surface area (Å²) < 4.78 is 1.59. The maximum atomic E-state index is 12.5. The van der Waals surface area contributed by atoms with Gasteiger partial charge in [-0.2, -0.15) is 5.10 Å². The SMILES string of the molecule is CC(C)n1ncc(Cl)c1C(=O)C1(O)CCCCC1. The van der Waals surface area contributed by atoms with Crippen molar-refractivity contribution in [3.05, 3.63) is 16.9 Å². The Hall–Kier alpha value is -0.870. The second-order valence-corrected chi connectivity index (χ2v) is 5.71. The van der Waals surface area contributed by atoms with Crippen molar-refractivity contribution in [3.8, 4) is 0 Å². The fraction of sp³-hybridized carbons (Fsp3) is 0.692. The van der Waals surface area contributed by atoms with E-state index >= 15 is 0 Å². The van der Waals surface area contributed by atoms with Gasteiger partial charge in [0, 0.05) is 6.04 Å². The van der Waals surface area contributed by atoms with Gasteiger partial charge in [-0.15, -0.1) is 0 Å². The maximum Gasteiger partial charge on any atom is 0.213 e. The quantitative estimate of drug-likeness (QED) is 0.859. The van der Waals surface area contributed by atoms with Gasteiger partial charge in [0.25, 0.3) is 0 Å². The first-order chi connectivity index (χ1) is 8.46. The minimum absolute atomic E-state index is 0.0450. The molecule has 0 atom stereocenters. The lowest BCUT2D eigenvalue weighted by Gasteiger charge is -2.30. The Kier molecular flexibility index (Phi) is 3.78. The average Bonchev–Trinajstić information content (AvgIpc) is 2.71. The molecule has 0 radical (unpaired) electrons. The van der Waals surface area contributed by atoms with Crippen LogP contribution in [0.25, 0.3) is 0 Å². The monoisotopic (exact) mass is 270 g/mol. The molecule has 4 nitrogen and oxygen atoms in total. The van der Waals surface area contributed by atoms with Crippen molar-refractivity contribution in [2.45, 2.75) is 57.6 Å². The van der Waals surface area contributed by atoms with Crippen molar-refractivity contribution >= 4 is 17.4 Å². The van der Waals surface area contributed by atoms with E-state index < -0.39 is 5.60 Å². The predicted octanol–water partition coefficient (Wildman–Crippen LogP) is 3.00. The maximum absolute atomic E-state index is 12.5. The molecule has 5 heteroatoms. The highest BCUT2D eigenvalue weighted by Gasteiger charge is 2.40. The first kappa shape index (κ1) is 13.6. The van der Waals surface area contributed by atoms with Crippen molar-refractivity contribution in [3.63, 3.8) is 0 Å². The number of Topliss-reactive ketones (excluding diaryl/α,β-unsaturated/α-hetero) is 1. The van der Waals surface area contributed by atoms with Gasteiger partial charge in [0.15, 0.2) is 0 Å². The van der Waals surface area contributed by atoms with Crippen LogP contribution in [0.4, 0.5) is 0 Å². The minimum Gasteiger partial charge on any atom is -0.382 e. The Labute approximate surface area is 112 Å². The molecule has 1 aliphatic rings. The Balaban J connectivity index is 2.36. The van der Waals surface area contributed by atoms with Crippen molar-refractivity contribution < 1.29 is 9.90 Å². The third-order valence-electron chi connectivity index (χ3n) is 3.56. The molecule has 0 amide bonds. The highest BCUT2D eigenvalue weighted by atomic mass is 35.5. The fourth-order valence-electron chi connectivity index (χ4n) is 2.53. The third kappa shape index (κ3) is 2.31. The standard InChI is InChI=1S/C13H19ClN2O2/c1-9(2)16-11(10(14)8-15-16)12(17)13(18)6-4-3-5-7-13/h8-9,18H,3-7H2,1-2H3. The van der Waals surface area contributed by atoms with Gasteiger partial charge in [-0.3, -0.25) is 9.48 Å². The van der Waals surface area contributed by atoms with E-state index in [1.807, 2.05) is 13.8 Å². The summed E-state index contributed by atoms with van der Waals surface area (Å²) in [6, 6.07) is 0.0450. The number of rotatable bonds is 3. The van der Waals surface area contributed by atoms with Crippen LogP contribution in [0, 0.1) is 0 Å². The van der Waals surface area contributed by atoms with Crippen LogP contribution in [0.5, 0.6) is 0 Å². The zero-order valence-electron chi connectivity index (χ0n) is 10.8. The lowest BCUT2D eigenvalue weighted by molar-refractivity contribution is 0.0106. The van der Waals surface area contributed by atoms with E-state index in [1.54, 1.807) is 4.68 Å². The summed E-state index contributed by atoms with van der Waals surface area (Å²) in [6.45, 7) is 3.87. The van der Waals surface area contributed by atoms with Gasteiger partial charge in [-0.25, -0.2) is 0 Å². The van der Waals surface area contributed by atoms with E-state index in [4.69, 9.17) is 11.6 Å². The molecule has 0 saturated heterocycles. The van der Waals surface area contributed by atoms with Crippen LogP contribution in [0.1, 0.15) is 62.5 Å². The number of halogens is 1. The van der Waals surface area contributed by atoms with Gasteiger partial charge < -0.3 is 5.11 Å². The number of nitrogens with zero attached hydrogens (tertiary/aromatic N) is 2. The van der Waals surface area contributed by atoms with Crippen molar-refractivity contribution in [2.75, 3.05) is 0 Å². The van der Waals surface area contributed by atoms with Gasteiger partial charge in [0.1, 0.15) is 11.3 Å². The highest BCUT2D eigenvalue weighted by molar-refractivity contribution is 6.34. The molecule has 18 heavy (non-hydrogen) atoms. The Morgan fingerprint density at radius 2 is 2.06 bits per heavy atom. The summed E-state index contributed by atoms with van der Waals surface area (Å²) in [5.41, 5.74) is -0.912. The number of hydrogen-bond acceptors (Lipinski definition) is 3. The molecular weight excluding hydrogens is 252 g/mol. The molecule has 0 unspecified atom stereocenters. The number of ketones is 1. The van der Waals surface area contributed by atoms with Crippen molar-refractivity contribution in [1.82, 2.24) is 9.78 Å². The van der Waals surface area contributed by atoms with Gasteiger partial charge in [-0.05, 0) is 26.7 Å². The van der Waals surface area contributed by atoms with Gasteiger partial charge in [0.2, 0.25) is 5.78 Å². The van der Waals surface area contributed by atoms with E-state index in [-0.39, 0.29) is 11.8 Å². The summed E-state index contributed by atoms with van der Waals surface area (Å²) in [7, 11) is 0. The summed E-state index contributed by atoms with van der Waals surface area (Å²) in [4.78, 5) is 12.5. The Bertz CT molecular complexity index is 448. The molecule has 1 N–H and O–H groups in total. The molecule has 1 aromatic rings. The summed E-state index contributed by atoms with van der Waals surface area (Å²) in [5, 5.41) is 14.9. The van der Waals surface area contributed by atoms with Crippen LogP contribution >= 0.6 is 11.6 Å². The second kappa shape index (κ2) is 5.02. The zero-order valence-corrected chi connectivity index (χ0v) is 11.6. The number of carbonyl (C=O) groups is 1. The lowest BCUT2D eigenvalue weighted by atomic mass is 9.80. The van der Waals surface area contributed by atoms with Gasteiger partial charge in [-0.1, -0.05) is 30.9 Å². The number of carbonyl (C=O) groups excluding carboxylic acids is 1. The first-order valence-electron chi connectivity index (χ1n) is 6.46. The molecule has 0 spiro atoms. The third-order valence-corrected chi connectivity index (χ3v) is 3.83. The van der Waals surface area contributed by atoms with Crippen LogP contribution in [-0.4, -0.2) is 26.3 Å². The topological polar surface area (TPSA) is 55.1 Å². The normalized spacial score (nSPS) is 19.2. The molecule has 0 bridgehead atoms. The second-order valence-electron chi connectivity index (χ2n) is 5.30. The van der Waals surface area contributed by atoms with E-state index in [0.717, 1.165) is 19.3 Å². The van der Waals surface area contributed by atoms with Crippen LogP contribution in [0.3, 0.4) is 0 Å². The fourth-order valence-corrected chi connectivity index (χ4v) is 2.75. The Morgan fingerprint density at radius 1 is 1.44 bits per heavy atom. The van der Waals surface area contributed by atoms with Crippen LogP contribution in [0.15, 0.2) is 6.20 Å².